The van der Waals surface area contributed by atoms with Gasteiger partial charge in [0.1, 0.15) is 0 Å². The minimum absolute atomic E-state index is 0. The molecule has 0 rings (SSSR count). The molecule has 0 radical (unpaired) electrons. The Bertz CT molecular complexity index is 8.00. The maximum atomic E-state index is 8.18. The van der Waals surface area contributed by atoms with Gasteiger partial charge in [0.2, 0.25) is 0 Å². The summed E-state index contributed by atoms with van der Waals surface area (Å²) in [6, 6.07) is 0. The standard InChI is InChI=1S/Bi.O.Ru.Sr.5H. The van der Waals surface area contributed by atoms with E-state index >= 15 is 0 Å². The Morgan fingerprint density at radius 1 is 1.25 bits per heavy atom. The SMILES string of the molecule is [BiH3].[O]=[Ru].[SrH2]. The molecule has 0 spiro atoms. The Hall–Kier alpha value is 2.79. The summed E-state index contributed by atoms with van der Waals surface area (Å²) >= 11 is 1.10. The van der Waals surface area contributed by atoms with Crippen LogP contribution in [0.2, 0.25) is 0 Å². The fourth-order valence-electron chi connectivity index (χ4n) is 0. The van der Waals surface area contributed by atoms with Gasteiger partial charge in [0.15, 0.2) is 0 Å². The minimum atomic E-state index is 0. The van der Waals surface area contributed by atoms with E-state index in [1.54, 1.807) is 0 Å². The number of hydrogen-bond acceptors (Lipinski definition) is 1. The van der Waals surface area contributed by atoms with Crippen molar-refractivity contribution in [3.8, 4) is 0 Å². The predicted octanol–water partition coefficient (Wildman–Crippen LogP) is -2.22. The van der Waals surface area contributed by atoms with Crippen LogP contribution in [0.25, 0.3) is 0 Å². The molecule has 0 aliphatic carbocycles. The zero-order valence-corrected chi connectivity index (χ0v) is 8.70. The molecule has 0 N–H and O–H groups in total. The molecule has 1 nitrogen and oxygen atoms in total. The van der Waals surface area contributed by atoms with Gasteiger partial charge in [-0.05, 0) is 0 Å². The topological polar surface area (TPSA) is 17.1 Å². The molecule has 26 valence electrons. The van der Waals surface area contributed by atoms with E-state index in [9.17, 15) is 0 Å². The molecule has 0 aromatic heterocycles. The Kier molecular flexibility index (Phi) is 67.6. The van der Waals surface area contributed by atoms with Gasteiger partial charge in [-0.3, -0.25) is 0 Å². The third kappa shape index (κ3) is 8.84. The Labute approximate surface area is 91.2 Å². The van der Waals surface area contributed by atoms with Gasteiger partial charge in [0.25, 0.3) is 0 Å². The van der Waals surface area contributed by atoms with Crippen LogP contribution >= 0.6 is 0 Å². The van der Waals surface area contributed by atoms with Gasteiger partial charge < -0.3 is 0 Å². The first-order valence-corrected chi connectivity index (χ1v) is 0.854. The molecule has 0 bridgehead atoms. The van der Waals surface area contributed by atoms with E-state index < -0.39 is 0 Å². The first kappa shape index (κ1) is 15.8. The molecule has 0 aromatic carbocycles. The fourth-order valence-corrected chi connectivity index (χ4v) is 0. The molecule has 0 aliphatic rings. The molecule has 0 atom stereocenters. The maximum absolute atomic E-state index is 8.18. The van der Waals surface area contributed by atoms with Crippen molar-refractivity contribution in [2.45, 2.75) is 0 Å². The van der Waals surface area contributed by atoms with E-state index in [4.69, 9.17) is 3.57 Å². The van der Waals surface area contributed by atoms with Gasteiger partial charge >= 0.3 is 93.5 Å². The van der Waals surface area contributed by atoms with Gasteiger partial charge in [0.05, 0.1) is 0 Å². The summed E-state index contributed by atoms with van der Waals surface area (Å²) < 4.78 is 8.18. The Balaban J connectivity index is -0.00000000500. The second-order valence-corrected chi connectivity index (χ2v) is 0. The molecule has 0 aliphatic heterocycles. The van der Waals surface area contributed by atoms with Gasteiger partial charge in [-0.15, -0.1) is 0 Å². The van der Waals surface area contributed by atoms with E-state index in [2.05, 4.69) is 0 Å². The third-order valence-corrected chi connectivity index (χ3v) is 0. The fraction of sp³-hybridized carbons (Fsp3) is 0. The Morgan fingerprint density at radius 3 is 1.25 bits per heavy atom. The van der Waals surface area contributed by atoms with Crippen LogP contribution in [0, 0.1) is 0 Å². The van der Waals surface area contributed by atoms with Crippen LogP contribution in [0.5, 0.6) is 0 Å². The third-order valence-electron chi connectivity index (χ3n) is 0. The summed E-state index contributed by atoms with van der Waals surface area (Å²) in [6.45, 7) is 0. The predicted molar refractivity (Wildman–Crippen MR) is 19.2 cm³/mol. The van der Waals surface area contributed by atoms with Gasteiger partial charge in [-0.25, -0.2) is 0 Å². The zero-order valence-electron chi connectivity index (χ0n) is 1.47. The van der Waals surface area contributed by atoms with E-state index in [-0.39, 0.29) is 71.7 Å². The number of rotatable bonds is 0. The van der Waals surface area contributed by atoms with Crippen molar-refractivity contribution in [3.05, 3.63) is 0 Å². The molecule has 0 aromatic rings. The van der Waals surface area contributed by atoms with Crippen molar-refractivity contribution in [2.24, 2.45) is 0 Å². The summed E-state index contributed by atoms with van der Waals surface area (Å²) in [6.07, 6.45) is 0. The quantitative estimate of drug-likeness (QED) is 0.408. The van der Waals surface area contributed by atoms with Crippen LogP contribution in [0.1, 0.15) is 0 Å². The second kappa shape index (κ2) is 17.1. The monoisotopic (exact) mass is 420 g/mol. The van der Waals surface area contributed by atoms with Crippen molar-refractivity contribution in [3.63, 3.8) is 0 Å². The summed E-state index contributed by atoms with van der Waals surface area (Å²) in [5.74, 6) is 0. The average molecular weight is 419 g/mol. The summed E-state index contributed by atoms with van der Waals surface area (Å²) in [4.78, 5) is 0. The van der Waals surface area contributed by atoms with Gasteiger partial charge in [-0.1, -0.05) is 0 Å². The van der Waals surface area contributed by atoms with Crippen molar-refractivity contribution >= 4 is 71.7 Å². The van der Waals surface area contributed by atoms with Crippen molar-refractivity contribution < 1.29 is 21.8 Å². The first-order valence-electron chi connectivity index (χ1n) is 0.144. The van der Waals surface area contributed by atoms with Gasteiger partial charge in [-0.2, -0.15) is 0 Å². The summed E-state index contributed by atoms with van der Waals surface area (Å²) in [5, 5.41) is 0. The van der Waals surface area contributed by atoms with Crippen molar-refractivity contribution in [2.75, 3.05) is 0 Å². The van der Waals surface area contributed by atoms with E-state index in [0.717, 1.165) is 18.3 Å². The molecule has 0 heterocycles. The van der Waals surface area contributed by atoms with Gasteiger partial charge in [0, 0.05) is 0 Å². The van der Waals surface area contributed by atoms with Crippen LogP contribution in [0.4, 0.5) is 0 Å². The zero-order chi connectivity index (χ0) is 2.00. The molecule has 4 heavy (non-hydrogen) atoms. The van der Waals surface area contributed by atoms with Crippen LogP contribution in [0.15, 0.2) is 0 Å². The molecule has 0 fully saturated rings. The van der Waals surface area contributed by atoms with Crippen LogP contribution in [-0.2, 0) is 21.8 Å². The van der Waals surface area contributed by atoms with Crippen LogP contribution in [-0.4, -0.2) is 71.7 Å². The molecule has 0 unspecified atom stereocenters. The molecule has 4 heteroatoms. The average Bonchev–Trinajstić information content (AvgIpc) is 1.00. The van der Waals surface area contributed by atoms with E-state index in [1.165, 1.54) is 0 Å². The molecular weight excluding hydrogens is 414 g/mol. The van der Waals surface area contributed by atoms with Crippen molar-refractivity contribution in [1.82, 2.24) is 0 Å². The number of hydrogen-bond donors (Lipinski definition) is 0. The van der Waals surface area contributed by atoms with E-state index in [1.807, 2.05) is 0 Å². The molecular formula is H5BiORuSr. The molecule has 0 saturated carbocycles. The van der Waals surface area contributed by atoms with E-state index in [0.29, 0.717) is 0 Å². The summed E-state index contributed by atoms with van der Waals surface area (Å²) in [5.41, 5.74) is 0. The molecule has 0 amide bonds. The summed E-state index contributed by atoms with van der Waals surface area (Å²) in [7, 11) is 0. The van der Waals surface area contributed by atoms with Crippen molar-refractivity contribution in [1.29, 1.82) is 0 Å². The van der Waals surface area contributed by atoms with Crippen LogP contribution < -0.4 is 0 Å². The second-order valence-electron chi connectivity index (χ2n) is 0. The normalized spacial score (nSPS) is 1.25. The molecule has 0 saturated heterocycles. The Morgan fingerprint density at radius 2 is 1.25 bits per heavy atom. The van der Waals surface area contributed by atoms with Crippen LogP contribution in [0.3, 0.4) is 0 Å². The first-order chi connectivity index (χ1) is 1.00.